The maximum atomic E-state index is 12.4. The topological polar surface area (TPSA) is 29.5 Å². The van der Waals surface area contributed by atoms with Crippen molar-refractivity contribution in [3.63, 3.8) is 0 Å². The normalized spacial score (nSPS) is 26.3. The van der Waals surface area contributed by atoms with Crippen molar-refractivity contribution in [1.29, 1.82) is 0 Å². The maximum absolute atomic E-state index is 12.4. The molecule has 0 bridgehead atoms. The Labute approximate surface area is 123 Å². The van der Waals surface area contributed by atoms with E-state index in [2.05, 4.69) is 11.8 Å². The van der Waals surface area contributed by atoms with Gasteiger partial charge in [-0.15, -0.1) is 11.3 Å². The van der Waals surface area contributed by atoms with E-state index < -0.39 is 0 Å². The van der Waals surface area contributed by atoms with Crippen LogP contribution in [-0.4, -0.2) is 43.0 Å². The van der Waals surface area contributed by atoms with Crippen LogP contribution in [0.2, 0.25) is 4.34 Å². The van der Waals surface area contributed by atoms with Crippen molar-refractivity contribution in [1.82, 2.24) is 4.90 Å². The van der Waals surface area contributed by atoms with Gasteiger partial charge in [-0.2, -0.15) is 0 Å². The fourth-order valence-corrected chi connectivity index (χ4v) is 3.60. The molecular weight excluding hydrogens is 282 g/mol. The van der Waals surface area contributed by atoms with Crippen LogP contribution in [0.4, 0.5) is 0 Å². The highest BCUT2D eigenvalue weighted by molar-refractivity contribution is 7.18. The van der Waals surface area contributed by atoms with Crippen LogP contribution in [-0.2, 0) is 4.74 Å². The zero-order chi connectivity index (χ0) is 14.0. The standard InChI is InChI=1S/C14H20ClNO2S/c1-9-6-7-16(8-11(9)18-3)10(2)14(17)12-4-5-13(15)19-12/h4-5,9-11H,6-8H2,1-3H3. The summed E-state index contributed by atoms with van der Waals surface area (Å²) in [6.07, 6.45) is 1.29. The number of carbonyl (C=O) groups excluding carboxylic acids is 1. The molecule has 0 saturated carbocycles. The lowest BCUT2D eigenvalue weighted by Crippen LogP contribution is -2.50. The van der Waals surface area contributed by atoms with Crippen LogP contribution in [0, 0.1) is 5.92 Å². The molecule has 0 spiro atoms. The van der Waals surface area contributed by atoms with Crippen LogP contribution in [0.15, 0.2) is 12.1 Å². The van der Waals surface area contributed by atoms with Crippen molar-refractivity contribution in [2.24, 2.45) is 5.92 Å². The molecule has 0 aliphatic carbocycles. The number of ether oxygens (including phenoxy) is 1. The number of likely N-dealkylation sites (tertiary alicyclic amines) is 1. The van der Waals surface area contributed by atoms with Gasteiger partial charge in [0, 0.05) is 13.7 Å². The third-order valence-electron chi connectivity index (χ3n) is 3.97. The fourth-order valence-electron chi connectivity index (χ4n) is 2.53. The van der Waals surface area contributed by atoms with Crippen molar-refractivity contribution >= 4 is 28.7 Å². The smallest absolute Gasteiger partial charge is 0.189 e. The molecule has 106 valence electrons. The zero-order valence-corrected chi connectivity index (χ0v) is 13.1. The molecule has 1 aliphatic rings. The summed E-state index contributed by atoms with van der Waals surface area (Å²) in [5, 5.41) is 0. The number of piperidine rings is 1. The second-order valence-corrected chi connectivity index (χ2v) is 6.89. The molecule has 1 aromatic heterocycles. The number of methoxy groups -OCH3 is 1. The Hall–Kier alpha value is -0.420. The lowest BCUT2D eigenvalue weighted by Gasteiger charge is -2.38. The molecule has 3 unspecified atom stereocenters. The maximum Gasteiger partial charge on any atom is 0.189 e. The van der Waals surface area contributed by atoms with E-state index in [-0.39, 0.29) is 17.9 Å². The molecule has 2 heterocycles. The van der Waals surface area contributed by atoms with E-state index in [0.717, 1.165) is 24.4 Å². The second kappa shape index (κ2) is 6.35. The van der Waals surface area contributed by atoms with E-state index in [1.807, 2.05) is 13.0 Å². The quantitative estimate of drug-likeness (QED) is 0.799. The van der Waals surface area contributed by atoms with Crippen molar-refractivity contribution in [3.05, 3.63) is 21.3 Å². The third kappa shape index (κ3) is 3.37. The molecule has 1 aromatic rings. The molecule has 3 atom stereocenters. The first kappa shape index (κ1) is 15.0. The van der Waals surface area contributed by atoms with Crippen LogP contribution < -0.4 is 0 Å². The Kier molecular flexibility index (Phi) is 5.01. The fraction of sp³-hybridized carbons (Fsp3) is 0.643. The SMILES string of the molecule is COC1CN(C(C)C(=O)c2ccc(Cl)s2)CCC1C. The first-order valence-electron chi connectivity index (χ1n) is 6.59. The number of nitrogens with zero attached hydrogens (tertiary/aromatic N) is 1. The van der Waals surface area contributed by atoms with E-state index in [9.17, 15) is 4.79 Å². The van der Waals surface area contributed by atoms with E-state index in [1.165, 1.54) is 11.3 Å². The third-order valence-corrected chi connectivity index (χ3v) is 5.21. The van der Waals surface area contributed by atoms with Crippen LogP contribution in [0.5, 0.6) is 0 Å². The number of Topliss-reactive ketones (excluding diaryl/α,β-unsaturated/α-hetero) is 1. The van der Waals surface area contributed by atoms with Gasteiger partial charge >= 0.3 is 0 Å². The number of carbonyl (C=O) groups is 1. The summed E-state index contributed by atoms with van der Waals surface area (Å²) < 4.78 is 6.17. The van der Waals surface area contributed by atoms with Gasteiger partial charge in [-0.1, -0.05) is 18.5 Å². The molecule has 1 saturated heterocycles. The molecular formula is C14H20ClNO2S. The molecule has 0 amide bonds. The van der Waals surface area contributed by atoms with Gasteiger partial charge in [-0.25, -0.2) is 0 Å². The Morgan fingerprint density at radius 1 is 1.58 bits per heavy atom. The molecule has 5 heteroatoms. The largest absolute Gasteiger partial charge is 0.380 e. The Morgan fingerprint density at radius 2 is 2.32 bits per heavy atom. The summed E-state index contributed by atoms with van der Waals surface area (Å²) in [5.74, 6) is 0.709. The highest BCUT2D eigenvalue weighted by Crippen LogP contribution is 2.26. The van der Waals surface area contributed by atoms with Gasteiger partial charge in [0.15, 0.2) is 5.78 Å². The number of thiophene rings is 1. The first-order chi connectivity index (χ1) is 9.02. The summed E-state index contributed by atoms with van der Waals surface area (Å²) in [4.78, 5) is 15.4. The average Bonchev–Trinajstić information content (AvgIpc) is 2.84. The molecule has 1 aliphatic heterocycles. The van der Waals surface area contributed by atoms with E-state index in [1.54, 1.807) is 13.2 Å². The van der Waals surface area contributed by atoms with Gasteiger partial charge in [0.1, 0.15) is 0 Å². The minimum Gasteiger partial charge on any atom is -0.380 e. The minimum absolute atomic E-state index is 0.111. The number of hydrogen-bond donors (Lipinski definition) is 0. The minimum atomic E-state index is -0.111. The lowest BCUT2D eigenvalue weighted by molar-refractivity contribution is -0.0138. The van der Waals surface area contributed by atoms with Crippen molar-refractivity contribution < 1.29 is 9.53 Å². The van der Waals surface area contributed by atoms with E-state index in [0.29, 0.717) is 10.3 Å². The molecule has 3 nitrogen and oxygen atoms in total. The monoisotopic (exact) mass is 301 g/mol. The van der Waals surface area contributed by atoms with E-state index >= 15 is 0 Å². The van der Waals surface area contributed by atoms with Crippen molar-refractivity contribution in [3.8, 4) is 0 Å². The number of ketones is 1. The Morgan fingerprint density at radius 3 is 2.89 bits per heavy atom. The van der Waals surface area contributed by atoms with Gasteiger partial charge in [-0.05, 0) is 37.9 Å². The molecule has 0 N–H and O–H groups in total. The Balaban J connectivity index is 2.03. The van der Waals surface area contributed by atoms with Crippen LogP contribution in [0.25, 0.3) is 0 Å². The molecule has 19 heavy (non-hydrogen) atoms. The average molecular weight is 302 g/mol. The summed E-state index contributed by atoms with van der Waals surface area (Å²) in [7, 11) is 1.75. The van der Waals surface area contributed by atoms with Gasteiger partial charge in [-0.3, -0.25) is 9.69 Å². The summed E-state index contributed by atoms with van der Waals surface area (Å²) in [6, 6.07) is 3.48. The zero-order valence-electron chi connectivity index (χ0n) is 11.6. The van der Waals surface area contributed by atoms with Crippen molar-refractivity contribution in [2.75, 3.05) is 20.2 Å². The second-order valence-electron chi connectivity index (χ2n) is 5.18. The summed E-state index contributed by atoms with van der Waals surface area (Å²) in [6.45, 7) is 5.95. The highest BCUT2D eigenvalue weighted by Gasteiger charge is 2.31. The molecule has 0 aromatic carbocycles. The van der Waals surface area contributed by atoms with Gasteiger partial charge in [0.25, 0.3) is 0 Å². The molecule has 0 radical (unpaired) electrons. The van der Waals surface area contributed by atoms with Gasteiger partial charge in [0.05, 0.1) is 21.4 Å². The Bertz CT molecular complexity index is 448. The summed E-state index contributed by atoms with van der Waals surface area (Å²) in [5.41, 5.74) is 0. The molecule has 2 rings (SSSR count). The van der Waals surface area contributed by atoms with Crippen LogP contribution >= 0.6 is 22.9 Å². The predicted octanol–water partition coefficient (Wildman–Crippen LogP) is 3.33. The number of hydrogen-bond acceptors (Lipinski definition) is 4. The summed E-state index contributed by atoms with van der Waals surface area (Å²) >= 11 is 7.25. The highest BCUT2D eigenvalue weighted by atomic mass is 35.5. The lowest BCUT2D eigenvalue weighted by atomic mass is 9.94. The van der Waals surface area contributed by atoms with Gasteiger partial charge < -0.3 is 4.74 Å². The molecule has 1 fully saturated rings. The first-order valence-corrected chi connectivity index (χ1v) is 7.78. The van der Waals surface area contributed by atoms with Crippen LogP contribution in [0.1, 0.15) is 29.9 Å². The van der Waals surface area contributed by atoms with Crippen LogP contribution in [0.3, 0.4) is 0 Å². The number of rotatable bonds is 4. The van der Waals surface area contributed by atoms with E-state index in [4.69, 9.17) is 16.3 Å². The van der Waals surface area contributed by atoms with Crippen molar-refractivity contribution in [2.45, 2.75) is 32.4 Å². The number of halogens is 1. The predicted molar refractivity (Wildman–Crippen MR) is 79.3 cm³/mol. The van der Waals surface area contributed by atoms with Gasteiger partial charge in [0.2, 0.25) is 0 Å².